The molecule has 1 rings (SSSR count). The van der Waals surface area contributed by atoms with Gasteiger partial charge in [0, 0.05) is 0 Å². The second-order valence-corrected chi connectivity index (χ2v) is 3.38. The number of carboxylic acids is 1. The first-order chi connectivity index (χ1) is 5.11. The molecule has 0 saturated carbocycles. The van der Waals surface area contributed by atoms with Crippen LogP contribution in [0, 0.1) is 0 Å². The van der Waals surface area contributed by atoms with Crippen LogP contribution in [0.3, 0.4) is 0 Å². The largest absolute Gasteiger partial charge is 0.477 e. The molecule has 0 unspecified atom stereocenters. The zero-order chi connectivity index (χ0) is 8.43. The van der Waals surface area contributed by atoms with Gasteiger partial charge < -0.3 is 5.11 Å². The summed E-state index contributed by atoms with van der Waals surface area (Å²) in [5.74, 6) is -1.03. The van der Waals surface area contributed by atoms with Gasteiger partial charge in [0.15, 0.2) is 0 Å². The van der Waals surface area contributed by atoms with Gasteiger partial charge in [-0.05, 0) is 44.0 Å². The Morgan fingerprint density at radius 2 is 2.09 bits per heavy atom. The maximum Gasteiger partial charge on any atom is 0.354 e. The van der Waals surface area contributed by atoms with Crippen molar-refractivity contribution in [2.24, 2.45) is 0 Å². The number of carboxylic acid groups (broad SMARTS) is 1. The normalized spacial score (nSPS) is 9.64. The second kappa shape index (κ2) is 3.32. The van der Waals surface area contributed by atoms with E-state index in [0.29, 0.717) is 4.60 Å². The summed E-state index contributed by atoms with van der Waals surface area (Å²) in [6, 6.07) is 3.05. The molecule has 0 radical (unpaired) electrons. The predicted octanol–water partition coefficient (Wildman–Crippen LogP) is 2.30. The molecule has 0 bridgehead atoms. The van der Waals surface area contributed by atoms with Gasteiger partial charge in [-0.15, -0.1) is 0 Å². The van der Waals surface area contributed by atoms with Crippen LogP contribution in [0.1, 0.15) is 10.5 Å². The van der Waals surface area contributed by atoms with E-state index in [-0.39, 0.29) is 5.69 Å². The standard InChI is InChI=1S/C6H3Br2NO2/c7-3-1-2-4(6(10)11)9-5(3)8/h1-2H,(H,10,11). The fraction of sp³-hybridized carbons (Fsp3) is 0. The smallest absolute Gasteiger partial charge is 0.354 e. The number of carbonyl (C=O) groups is 1. The number of halogens is 2. The monoisotopic (exact) mass is 279 g/mol. The molecule has 0 spiro atoms. The Morgan fingerprint density at radius 1 is 1.45 bits per heavy atom. The molecule has 1 aromatic rings. The Bertz CT molecular complexity index is 301. The van der Waals surface area contributed by atoms with E-state index in [4.69, 9.17) is 5.11 Å². The molecule has 1 heterocycles. The topological polar surface area (TPSA) is 50.2 Å². The predicted molar refractivity (Wildman–Crippen MR) is 46.6 cm³/mol. The summed E-state index contributed by atoms with van der Waals surface area (Å²) >= 11 is 6.27. The quantitative estimate of drug-likeness (QED) is 0.803. The zero-order valence-corrected chi connectivity index (χ0v) is 8.39. The summed E-state index contributed by atoms with van der Waals surface area (Å²) in [6.07, 6.45) is 0. The number of nitrogens with zero attached hydrogens (tertiary/aromatic N) is 1. The molecule has 0 saturated heterocycles. The summed E-state index contributed by atoms with van der Waals surface area (Å²) < 4.78 is 1.24. The lowest BCUT2D eigenvalue weighted by Gasteiger charge is -1.95. The van der Waals surface area contributed by atoms with Crippen molar-refractivity contribution < 1.29 is 9.90 Å². The highest BCUT2D eigenvalue weighted by Crippen LogP contribution is 2.20. The third kappa shape index (κ3) is 2.00. The van der Waals surface area contributed by atoms with Gasteiger partial charge in [-0.1, -0.05) is 0 Å². The Hall–Kier alpha value is -0.420. The fourth-order valence-corrected chi connectivity index (χ4v) is 1.08. The van der Waals surface area contributed by atoms with E-state index >= 15 is 0 Å². The highest BCUT2D eigenvalue weighted by molar-refractivity contribution is 9.13. The number of aromatic nitrogens is 1. The van der Waals surface area contributed by atoms with Gasteiger partial charge in [0.05, 0.1) is 4.47 Å². The lowest BCUT2D eigenvalue weighted by Crippen LogP contribution is -1.99. The van der Waals surface area contributed by atoms with Crippen molar-refractivity contribution in [3.8, 4) is 0 Å². The Labute approximate surface area is 79.7 Å². The minimum atomic E-state index is -1.03. The first-order valence-electron chi connectivity index (χ1n) is 2.66. The molecular formula is C6H3Br2NO2. The van der Waals surface area contributed by atoms with Crippen LogP contribution in [0.15, 0.2) is 21.2 Å². The van der Waals surface area contributed by atoms with Gasteiger partial charge in [-0.3, -0.25) is 0 Å². The molecule has 1 aromatic heterocycles. The van der Waals surface area contributed by atoms with E-state index < -0.39 is 5.97 Å². The van der Waals surface area contributed by atoms with Gasteiger partial charge in [0.2, 0.25) is 0 Å². The first kappa shape index (κ1) is 8.67. The average Bonchev–Trinajstić information content (AvgIpc) is 1.94. The number of rotatable bonds is 1. The summed E-state index contributed by atoms with van der Waals surface area (Å²) in [4.78, 5) is 14.1. The van der Waals surface area contributed by atoms with E-state index in [9.17, 15) is 4.79 Å². The number of hydrogen-bond acceptors (Lipinski definition) is 2. The van der Waals surface area contributed by atoms with Crippen LogP contribution >= 0.6 is 31.9 Å². The van der Waals surface area contributed by atoms with Gasteiger partial charge in [-0.25, -0.2) is 9.78 Å². The van der Waals surface area contributed by atoms with Crippen molar-refractivity contribution in [1.82, 2.24) is 4.98 Å². The fourth-order valence-electron chi connectivity index (χ4n) is 0.536. The molecule has 0 aromatic carbocycles. The van der Waals surface area contributed by atoms with Gasteiger partial charge >= 0.3 is 5.97 Å². The Morgan fingerprint density at radius 3 is 2.55 bits per heavy atom. The maximum absolute atomic E-state index is 10.4. The summed E-state index contributed by atoms with van der Waals surface area (Å²) in [5, 5.41) is 8.50. The molecule has 1 N–H and O–H groups in total. The van der Waals surface area contributed by atoms with Crippen molar-refractivity contribution >= 4 is 37.8 Å². The number of hydrogen-bond donors (Lipinski definition) is 1. The molecule has 58 valence electrons. The highest BCUT2D eigenvalue weighted by atomic mass is 79.9. The van der Waals surface area contributed by atoms with Crippen molar-refractivity contribution in [3.63, 3.8) is 0 Å². The van der Waals surface area contributed by atoms with Crippen molar-refractivity contribution in [2.75, 3.05) is 0 Å². The minimum Gasteiger partial charge on any atom is -0.477 e. The summed E-state index contributed by atoms with van der Waals surface area (Å²) in [7, 11) is 0. The average molecular weight is 281 g/mol. The van der Waals surface area contributed by atoms with Crippen LogP contribution in [0.2, 0.25) is 0 Å². The van der Waals surface area contributed by atoms with Crippen LogP contribution in [0.4, 0.5) is 0 Å². The molecule has 0 atom stereocenters. The third-order valence-electron chi connectivity index (χ3n) is 1.02. The first-order valence-corrected chi connectivity index (χ1v) is 4.25. The molecule has 0 aliphatic carbocycles. The third-order valence-corrected chi connectivity index (χ3v) is 2.80. The van der Waals surface area contributed by atoms with Crippen LogP contribution in [0.25, 0.3) is 0 Å². The van der Waals surface area contributed by atoms with Crippen LogP contribution in [-0.4, -0.2) is 16.1 Å². The van der Waals surface area contributed by atoms with E-state index in [0.717, 1.165) is 4.47 Å². The van der Waals surface area contributed by atoms with Gasteiger partial charge in [0.1, 0.15) is 10.3 Å². The molecule has 0 fully saturated rings. The molecule has 3 nitrogen and oxygen atoms in total. The number of pyridine rings is 1. The minimum absolute atomic E-state index is 0.0278. The van der Waals surface area contributed by atoms with E-state index in [2.05, 4.69) is 36.8 Å². The van der Waals surface area contributed by atoms with Gasteiger partial charge in [-0.2, -0.15) is 0 Å². The molecule has 0 aliphatic rings. The molecule has 0 amide bonds. The van der Waals surface area contributed by atoms with Crippen molar-refractivity contribution in [1.29, 1.82) is 0 Å². The van der Waals surface area contributed by atoms with E-state index in [1.54, 1.807) is 6.07 Å². The van der Waals surface area contributed by atoms with Crippen LogP contribution in [0.5, 0.6) is 0 Å². The second-order valence-electron chi connectivity index (χ2n) is 1.77. The van der Waals surface area contributed by atoms with Gasteiger partial charge in [0.25, 0.3) is 0 Å². The lowest BCUT2D eigenvalue weighted by molar-refractivity contribution is 0.0690. The van der Waals surface area contributed by atoms with Crippen molar-refractivity contribution in [2.45, 2.75) is 0 Å². The van der Waals surface area contributed by atoms with E-state index in [1.165, 1.54) is 6.07 Å². The lowest BCUT2D eigenvalue weighted by atomic mass is 10.4. The summed E-state index contributed by atoms with van der Waals surface area (Å²) in [6.45, 7) is 0. The zero-order valence-electron chi connectivity index (χ0n) is 5.21. The van der Waals surface area contributed by atoms with E-state index in [1.807, 2.05) is 0 Å². The Kier molecular flexibility index (Phi) is 2.62. The summed E-state index contributed by atoms with van der Waals surface area (Å²) in [5.41, 5.74) is 0.0278. The van der Waals surface area contributed by atoms with Crippen LogP contribution < -0.4 is 0 Å². The molecular weight excluding hydrogens is 278 g/mol. The highest BCUT2D eigenvalue weighted by Gasteiger charge is 2.05. The molecule has 11 heavy (non-hydrogen) atoms. The molecule has 0 aliphatic heterocycles. The maximum atomic E-state index is 10.4. The number of aromatic carboxylic acids is 1. The van der Waals surface area contributed by atoms with Crippen molar-refractivity contribution in [3.05, 3.63) is 26.9 Å². The van der Waals surface area contributed by atoms with Crippen LogP contribution in [-0.2, 0) is 0 Å². The molecule has 5 heteroatoms. The SMILES string of the molecule is O=C(O)c1ccc(Br)c(Br)n1. The Balaban J connectivity index is 3.15.